The minimum atomic E-state index is -3.90. The highest BCUT2D eigenvalue weighted by Crippen LogP contribution is 2.26. The third kappa shape index (κ3) is 7.02. The number of hydrogen-bond donors (Lipinski definition) is 0. The van der Waals surface area contributed by atoms with E-state index in [1.54, 1.807) is 29.2 Å². The Labute approximate surface area is 218 Å². The van der Waals surface area contributed by atoms with Gasteiger partial charge in [0.05, 0.1) is 18.0 Å². The lowest BCUT2D eigenvalue weighted by Gasteiger charge is -2.30. The Morgan fingerprint density at radius 2 is 1.64 bits per heavy atom. The maximum Gasteiger partial charge on any atom is 0.243 e. The van der Waals surface area contributed by atoms with E-state index >= 15 is 0 Å². The van der Waals surface area contributed by atoms with Crippen LogP contribution in [0.3, 0.4) is 0 Å². The summed E-state index contributed by atoms with van der Waals surface area (Å²) >= 11 is 1.53. The fourth-order valence-corrected chi connectivity index (χ4v) is 6.18. The molecule has 0 aliphatic heterocycles. The Hall–Kier alpha value is -2.55. The molecule has 3 aromatic rings. The molecule has 5 nitrogen and oxygen atoms in total. The van der Waals surface area contributed by atoms with Gasteiger partial charge in [-0.25, -0.2) is 12.8 Å². The molecule has 0 saturated carbocycles. The lowest BCUT2D eigenvalue weighted by molar-refractivity contribution is -0.133. The molecule has 0 aliphatic rings. The summed E-state index contributed by atoms with van der Waals surface area (Å²) < 4.78 is 42.1. The van der Waals surface area contributed by atoms with Crippen molar-refractivity contribution in [2.24, 2.45) is 0 Å². The molecule has 2 aromatic carbocycles. The summed E-state index contributed by atoms with van der Waals surface area (Å²) in [6, 6.07) is 16.4. The Bertz CT molecular complexity index is 1230. The van der Waals surface area contributed by atoms with Gasteiger partial charge in [0.25, 0.3) is 0 Å². The van der Waals surface area contributed by atoms with E-state index in [1.165, 1.54) is 27.8 Å². The summed E-state index contributed by atoms with van der Waals surface area (Å²) in [5, 5.41) is 1.94. The van der Waals surface area contributed by atoms with Crippen molar-refractivity contribution in [1.29, 1.82) is 0 Å². The van der Waals surface area contributed by atoms with Gasteiger partial charge in [0.15, 0.2) is 0 Å². The molecule has 0 spiro atoms. The average molecular weight is 531 g/mol. The molecule has 1 heterocycles. The number of rotatable bonds is 10. The first-order valence-electron chi connectivity index (χ1n) is 12.1. The summed E-state index contributed by atoms with van der Waals surface area (Å²) in [5.41, 5.74) is 1.71. The first-order valence-corrected chi connectivity index (χ1v) is 14.4. The fraction of sp³-hybridized carbons (Fsp3) is 0.393. The number of benzene rings is 2. The summed E-state index contributed by atoms with van der Waals surface area (Å²) in [7, 11) is -3.90. The van der Waals surface area contributed by atoms with Crippen molar-refractivity contribution in [2.75, 3.05) is 6.54 Å². The number of thiophene rings is 1. The third-order valence-electron chi connectivity index (χ3n) is 6.27. The van der Waals surface area contributed by atoms with Crippen molar-refractivity contribution >= 4 is 27.3 Å². The minimum absolute atomic E-state index is 0.0999. The van der Waals surface area contributed by atoms with Crippen LogP contribution in [0.15, 0.2) is 70.9 Å². The predicted molar refractivity (Wildman–Crippen MR) is 144 cm³/mol. The van der Waals surface area contributed by atoms with Gasteiger partial charge in [-0.1, -0.05) is 58.0 Å². The molecule has 0 radical (unpaired) electrons. The van der Waals surface area contributed by atoms with E-state index in [0.717, 1.165) is 16.0 Å². The van der Waals surface area contributed by atoms with Gasteiger partial charge in [0.1, 0.15) is 5.82 Å². The molecule has 0 saturated heterocycles. The number of carbonyl (C=O) groups is 1. The molecule has 1 aromatic heterocycles. The second kappa shape index (κ2) is 11.7. The van der Waals surface area contributed by atoms with Crippen LogP contribution in [0.1, 0.15) is 57.0 Å². The first-order chi connectivity index (χ1) is 16.9. The van der Waals surface area contributed by atoms with E-state index in [4.69, 9.17) is 0 Å². The molecule has 0 N–H and O–H groups in total. The minimum Gasteiger partial charge on any atom is -0.332 e. The second-order valence-electron chi connectivity index (χ2n) is 10.0. The van der Waals surface area contributed by atoms with Crippen LogP contribution in [-0.2, 0) is 33.3 Å². The SMILES string of the molecule is CCC(C)N(CC(=O)N(Cc1ccc(F)cc1)Cc1cccs1)S(=O)(=O)c1ccc(C(C)(C)C)cc1. The Morgan fingerprint density at radius 3 is 2.17 bits per heavy atom. The van der Waals surface area contributed by atoms with Crippen LogP contribution in [0, 0.1) is 5.82 Å². The van der Waals surface area contributed by atoms with E-state index < -0.39 is 10.0 Å². The summed E-state index contributed by atoms with van der Waals surface area (Å²) in [6.45, 7) is 10.3. The Kier molecular flexibility index (Phi) is 9.08. The molecular formula is C28H35FN2O3S2. The third-order valence-corrected chi connectivity index (χ3v) is 9.10. The van der Waals surface area contributed by atoms with Crippen molar-refractivity contribution in [2.45, 2.75) is 70.5 Å². The number of amides is 1. The molecule has 8 heteroatoms. The highest BCUT2D eigenvalue weighted by Gasteiger charge is 2.32. The molecule has 1 atom stereocenters. The molecule has 36 heavy (non-hydrogen) atoms. The molecule has 1 amide bonds. The highest BCUT2D eigenvalue weighted by atomic mass is 32.2. The van der Waals surface area contributed by atoms with Crippen molar-refractivity contribution in [3.05, 3.63) is 87.9 Å². The van der Waals surface area contributed by atoms with Gasteiger partial charge in [-0.2, -0.15) is 4.31 Å². The van der Waals surface area contributed by atoms with Gasteiger partial charge in [-0.3, -0.25) is 4.79 Å². The van der Waals surface area contributed by atoms with Crippen molar-refractivity contribution < 1.29 is 17.6 Å². The number of carbonyl (C=O) groups excluding carboxylic acids is 1. The normalized spacial score (nSPS) is 13.1. The summed E-state index contributed by atoms with van der Waals surface area (Å²) in [4.78, 5) is 16.4. The van der Waals surface area contributed by atoms with Crippen LogP contribution in [0.25, 0.3) is 0 Å². The van der Waals surface area contributed by atoms with Gasteiger partial charge in [0.2, 0.25) is 15.9 Å². The summed E-state index contributed by atoms with van der Waals surface area (Å²) in [5.74, 6) is -0.649. The standard InChI is InChI=1S/C28H35FN2O3S2/c1-6-21(2)31(36(33,34)26-15-11-23(12-16-26)28(3,4)5)20-27(32)30(19-25-8-7-17-35-25)18-22-9-13-24(29)14-10-22/h7-17,21H,6,18-20H2,1-5H3. The molecule has 0 aliphatic carbocycles. The fourth-order valence-electron chi connectivity index (χ4n) is 3.81. The Morgan fingerprint density at radius 1 is 1.00 bits per heavy atom. The van der Waals surface area contributed by atoms with Crippen LogP contribution in [0.2, 0.25) is 0 Å². The van der Waals surface area contributed by atoms with E-state index in [9.17, 15) is 17.6 Å². The number of halogens is 1. The average Bonchev–Trinajstić information content (AvgIpc) is 3.35. The number of nitrogens with zero attached hydrogens (tertiary/aromatic N) is 2. The zero-order valence-corrected chi connectivity index (χ0v) is 23.2. The van der Waals surface area contributed by atoms with E-state index in [1.807, 2.05) is 43.5 Å². The zero-order valence-electron chi connectivity index (χ0n) is 21.6. The Balaban J connectivity index is 1.89. The topological polar surface area (TPSA) is 57.7 Å². The van der Waals surface area contributed by atoms with Gasteiger partial charge in [-0.05, 0) is 65.6 Å². The van der Waals surface area contributed by atoms with Gasteiger partial charge >= 0.3 is 0 Å². The smallest absolute Gasteiger partial charge is 0.243 e. The monoisotopic (exact) mass is 530 g/mol. The zero-order chi connectivity index (χ0) is 26.5. The van der Waals surface area contributed by atoms with E-state index in [2.05, 4.69) is 20.8 Å². The van der Waals surface area contributed by atoms with Crippen LogP contribution in [0.5, 0.6) is 0 Å². The van der Waals surface area contributed by atoms with Crippen molar-refractivity contribution in [3.8, 4) is 0 Å². The highest BCUT2D eigenvalue weighted by molar-refractivity contribution is 7.89. The number of hydrogen-bond acceptors (Lipinski definition) is 4. The van der Waals surface area contributed by atoms with E-state index in [-0.39, 0.29) is 41.2 Å². The van der Waals surface area contributed by atoms with E-state index in [0.29, 0.717) is 13.0 Å². The van der Waals surface area contributed by atoms with Gasteiger partial charge in [-0.15, -0.1) is 11.3 Å². The molecular weight excluding hydrogens is 495 g/mol. The molecule has 194 valence electrons. The van der Waals surface area contributed by atoms with Crippen LogP contribution < -0.4 is 0 Å². The number of sulfonamides is 1. The molecule has 1 unspecified atom stereocenters. The lowest BCUT2D eigenvalue weighted by Crippen LogP contribution is -2.46. The van der Waals surface area contributed by atoms with Gasteiger partial charge in [0, 0.05) is 17.5 Å². The quantitative estimate of drug-likeness (QED) is 0.313. The molecule has 3 rings (SSSR count). The maximum atomic E-state index is 13.7. The van der Waals surface area contributed by atoms with Crippen molar-refractivity contribution in [3.63, 3.8) is 0 Å². The first kappa shape index (κ1) is 28.0. The predicted octanol–water partition coefficient (Wildman–Crippen LogP) is 6.20. The van der Waals surface area contributed by atoms with Crippen LogP contribution in [-0.4, -0.2) is 36.1 Å². The van der Waals surface area contributed by atoms with Crippen molar-refractivity contribution in [1.82, 2.24) is 9.21 Å². The second-order valence-corrected chi connectivity index (χ2v) is 13.0. The lowest BCUT2D eigenvalue weighted by atomic mass is 9.87. The molecule has 0 fully saturated rings. The van der Waals surface area contributed by atoms with Gasteiger partial charge < -0.3 is 4.90 Å². The van der Waals surface area contributed by atoms with Crippen LogP contribution in [0.4, 0.5) is 4.39 Å². The largest absolute Gasteiger partial charge is 0.332 e. The molecule has 0 bridgehead atoms. The van der Waals surface area contributed by atoms with Crippen LogP contribution >= 0.6 is 11.3 Å². The maximum absolute atomic E-state index is 13.7. The summed E-state index contributed by atoms with van der Waals surface area (Å²) in [6.07, 6.45) is 0.565.